The van der Waals surface area contributed by atoms with E-state index in [0.29, 0.717) is 12.1 Å². The molecule has 4 rings (SSSR count). The molecule has 7 heteroatoms. The number of carbonyl (C=O) groups is 3. The summed E-state index contributed by atoms with van der Waals surface area (Å²) < 4.78 is 13.2. The lowest BCUT2D eigenvalue weighted by molar-refractivity contribution is -0.139. The normalized spacial score (nSPS) is 24.1. The summed E-state index contributed by atoms with van der Waals surface area (Å²) >= 11 is 0. The minimum Gasteiger partial charge on any atom is -0.334 e. The lowest BCUT2D eigenvalue weighted by atomic mass is 9.92. The SMILES string of the molecule is C[C@@]1(c2ccc(F)cc2)NC(=O)N(CC(=O)N2CCC[C@@H]2c2ccccc2)C1=O. The van der Waals surface area contributed by atoms with Crippen molar-refractivity contribution in [3.05, 3.63) is 71.5 Å². The molecule has 2 aliphatic rings. The van der Waals surface area contributed by atoms with Crippen molar-refractivity contribution in [2.24, 2.45) is 0 Å². The van der Waals surface area contributed by atoms with E-state index >= 15 is 0 Å². The van der Waals surface area contributed by atoms with Gasteiger partial charge < -0.3 is 10.2 Å². The molecular weight excluding hydrogens is 373 g/mol. The second-order valence-electron chi connectivity index (χ2n) is 7.61. The second kappa shape index (κ2) is 7.31. The molecule has 0 saturated carbocycles. The molecule has 0 bridgehead atoms. The summed E-state index contributed by atoms with van der Waals surface area (Å²) in [5, 5.41) is 2.65. The van der Waals surface area contributed by atoms with Crippen LogP contribution in [0, 0.1) is 5.82 Å². The van der Waals surface area contributed by atoms with Crippen molar-refractivity contribution in [3.63, 3.8) is 0 Å². The lowest BCUT2D eigenvalue weighted by Crippen LogP contribution is -2.44. The first-order chi connectivity index (χ1) is 13.9. The van der Waals surface area contributed by atoms with Crippen LogP contribution >= 0.6 is 0 Å². The highest BCUT2D eigenvalue weighted by atomic mass is 19.1. The molecule has 2 heterocycles. The summed E-state index contributed by atoms with van der Waals surface area (Å²) in [4.78, 5) is 41.2. The molecule has 29 heavy (non-hydrogen) atoms. The van der Waals surface area contributed by atoms with Gasteiger partial charge in [0.1, 0.15) is 17.9 Å². The zero-order chi connectivity index (χ0) is 20.6. The van der Waals surface area contributed by atoms with E-state index in [2.05, 4.69) is 5.32 Å². The molecule has 2 atom stereocenters. The largest absolute Gasteiger partial charge is 0.334 e. The molecule has 150 valence electrons. The summed E-state index contributed by atoms with van der Waals surface area (Å²) in [6.07, 6.45) is 1.72. The monoisotopic (exact) mass is 395 g/mol. The molecule has 2 aromatic carbocycles. The third kappa shape index (κ3) is 3.37. The number of benzene rings is 2. The van der Waals surface area contributed by atoms with E-state index in [1.54, 1.807) is 11.8 Å². The highest BCUT2D eigenvalue weighted by Crippen LogP contribution is 2.33. The minimum atomic E-state index is -1.32. The number of hydrogen-bond acceptors (Lipinski definition) is 3. The number of likely N-dealkylation sites (tertiary alicyclic amines) is 1. The molecule has 0 aliphatic carbocycles. The van der Waals surface area contributed by atoms with Crippen LogP contribution in [0.25, 0.3) is 0 Å². The van der Waals surface area contributed by atoms with Crippen molar-refractivity contribution in [1.82, 2.24) is 15.1 Å². The fourth-order valence-corrected chi connectivity index (χ4v) is 4.13. The average Bonchev–Trinajstić information content (AvgIpc) is 3.29. The van der Waals surface area contributed by atoms with Crippen LogP contribution in [0.5, 0.6) is 0 Å². The Morgan fingerprint density at radius 2 is 1.83 bits per heavy atom. The third-order valence-electron chi connectivity index (χ3n) is 5.75. The molecular formula is C22H22FN3O3. The van der Waals surface area contributed by atoms with Gasteiger partial charge >= 0.3 is 6.03 Å². The van der Waals surface area contributed by atoms with Crippen LogP contribution in [0.3, 0.4) is 0 Å². The summed E-state index contributed by atoms with van der Waals surface area (Å²) in [7, 11) is 0. The molecule has 0 radical (unpaired) electrons. The van der Waals surface area contributed by atoms with Gasteiger partial charge in [0.05, 0.1) is 6.04 Å². The van der Waals surface area contributed by atoms with Gasteiger partial charge in [-0.3, -0.25) is 14.5 Å². The van der Waals surface area contributed by atoms with E-state index in [1.165, 1.54) is 24.3 Å². The van der Waals surface area contributed by atoms with E-state index in [4.69, 9.17) is 0 Å². The maximum absolute atomic E-state index is 13.2. The Morgan fingerprint density at radius 1 is 1.14 bits per heavy atom. The van der Waals surface area contributed by atoms with Crippen LogP contribution in [0.1, 0.15) is 36.9 Å². The highest BCUT2D eigenvalue weighted by molar-refractivity contribution is 6.09. The van der Waals surface area contributed by atoms with Gasteiger partial charge in [0.2, 0.25) is 5.91 Å². The smallest absolute Gasteiger partial charge is 0.325 e. The van der Waals surface area contributed by atoms with E-state index < -0.39 is 23.3 Å². The average molecular weight is 395 g/mol. The van der Waals surface area contributed by atoms with Crippen LogP contribution in [0.15, 0.2) is 54.6 Å². The van der Waals surface area contributed by atoms with Gasteiger partial charge in [0, 0.05) is 6.54 Å². The molecule has 2 saturated heterocycles. The first kappa shape index (κ1) is 19.1. The van der Waals surface area contributed by atoms with E-state index in [1.807, 2.05) is 30.3 Å². The lowest BCUT2D eigenvalue weighted by Gasteiger charge is -2.27. The number of urea groups is 1. The quantitative estimate of drug-likeness (QED) is 0.810. The first-order valence-electron chi connectivity index (χ1n) is 9.65. The van der Waals surface area contributed by atoms with Crippen LogP contribution < -0.4 is 5.32 Å². The van der Waals surface area contributed by atoms with Crippen molar-refractivity contribution in [2.75, 3.05) is 13.1 Å². The third-order valence-corrected chi connectivity index (χ3v) is 5.75. The minimum absolute atomic E-state index is 0.0482. The Labute approximate surface area is 168 Å². The first-order valence-corrected chi connectivity index (χ1v) is 9.65. The van der Waals surface area contributed by atoms with Gasteiger partial charge in [0.15, 0.2) is 0 Å². The molecule has 0 spiro atoms. The molecule has 6 nitrogen and oxygen atoms in total. The predicted molar refractivity (Wildman–Crippen MR) is 104 cm³/mol. The molecule has 0 aromatic heterocycles. The van der Waals surface area contributed by atoms with Crippen LogP contribution in [0.2, 0.25) is 0 Å². The molecule has 2 aromatic rings. The van der Waals surface area contributed by atoms with Crippen LogP contribution in [-0.2, 0) is 15.1 Å². The zero-order valence-corrected chi connectivity index (χ0v) is 16.1. The second-order valence-corrected chi connectivity index (χ2v) is 7.61. The Kier molecular flexibility index (Phi) is 4.82. The number of carbonyl (C=O) groups excluding carboxylic acids is 3. The number of nitrogens with one attached hydrogen (secondary N) is 1. The predicted octanol–water partition coefficient (Wildman–Crippen LogP) is 2.96. The maximum atomic E-state index is 13.2. The Balaban J connectivity index is 1.52. The number of hydrogen-bond donors (Lipinski definition) is 1. The van der Waals surface area contributed by atoms with Crippen LogP contribution in [-0.4, -0.2) is 40.7 Å². The Morgan fingerprint density at radius 3 is 2.52 bits per heavy atom. The Hall–Kier alpha value is -3.22. The van der Waals surface area contributed by atoms with Gasteiger partial charge in [-0.1, -0.05) is 42.5 Å². The van der Waals surface area contributed by atoms with Crippen LogP contribution in [0.4, 0.5) is 9.18 Å². The van der Waals surface area contributed by atoms with Crippen molar-refractivity contribution < 1.29 is 18.8 Å². The fraction of sp³-hybridized carbons (Fsp3) is 0.318. The summed E-state index contributed by atoms with van der Waals surface area (Å²) in [5.41, 5.74) is 0.191. The summed E-state index contributed by atoms with van der Waals surface area (Å²) in [5.74, 6) is -1.21. The molecule has 2 fully saturated rings. The van der Waals surface area contributed by atoms with Crippen molar-refractivity contribution >= 4 is 17.8 Å². The number of imide groups is 1. The zero-order valence-electron chi connectivity index (χ0n) is 16.1. The van der Waals surface area contributed by atoms with Crippen molar-refractivity contribution in [3.8, 4) is 0 Å². The van der Waals surface area contributed by atoms with Gasteiger partial charge in [-0.2, -0.15) is 0 Å². The van der Waals surface area contributed by atoms with Gasteiger partial charge in [0.25, 0.3) is 5.91 Å². The molecule has 0 unspecified atom stereocenters. The van der Waals surface area contributed by atoms with Gasteiger partial charge in [-0.05, 0) is 43.0 Å². The van der Waals surface area contributed by atoms with E-state index in [9.17, 15) is 18.8 Å². The number of nitrogens with zero attached hydrogens (tertiary/aromatic N) is 2. The summed E-state index contributed by atoms with van der Waals surface area (Å²) in [6, 6.07) is 14.5. The molecule has 2 aliphatic heterocycles. The van der Waals surface area contributed by atoms with Gasteiger partial charge in [-0.15, -0.1) is 0 Å². The highest BCUT2D eigenvalue weighted by Gasteiger charge is 2.50. The standard InChI is InChI=1S/C22H22FN3O3/c1-22(16-9-11-17(23)12-10-16)20(28)26(21(29)24-22)14-19(27)25-13-5-8-18(25)15-6-3-2-4-7-15/h2-4,6-7,9-12,18H,5,8,13-14H2,1H3,(H,24,29)/t18-,22+/m1/s1. The number of rotatable bonds is 4. The van der Waals surface area contributed by atoms with E-state index in [-0.39, 0.29) is 18.5 Å². The molecule has 1 N–H and O–H groups in total. The van der Waals surface area contributed by atoms with E-state index in [0.717, 1.165) is 23.3 Å². The number of amides is 4. The summed E-state index contributed by atoms with van der Waals surface area (Å²) in [6.45, 7) is 1.84. The number of halogens is 1. The topological polar surface area (TPSA) is 69.7 Å². The van der Waals surface area contributed by atoms with Crippen molar-refractivity contribution in [2.45, 2.75) is 31.3 Å². The molecule has 4 amide bonds. The van der Waals surface area contributed by atoms with Crippen molar-refractivity contribution in [1.29, 1.82) is 0 Å². The fourth-order valence-electron chi connectivity index (χ4n) is 4.13. The van der Waals surface area contributed by atoms with Gasteiger partial charge in [-0.25, -0.2) is 9.18 Å². The Bertz CT molecular complexity index is 948. The maximum Gasteiger partial charge on any atom is 0.325 e.